The third kappa shape index (κ3) is 2.55. The van der Waals surface area contributed by atoms with Crippen LogP contribution >= 0.6 is 27.5 Å². The summed E-state index contributed by atoms with van der Waals surface area (Å²) in [5.41, 5.74) is 0.953. The van der Waals surface area contributed by atoms with Gasteiger partial charge in [0.2, 0.25) is 0 Å². The van der Waals surface area contributed by atoms with Gasteiger partial charge in [0.1, 0.15) is 17.3 Å². The van der Waals surface area contributed by atoms with Crippen molar-refractivity contribution in [3.05, 3.63) is 58.4 Å². The summed E-state index contributed by atoms with van der Waals surface area (Å²) >= 11 is 9.31. The second kappa shape index (κ2) is 5.15. The van der Waals surface area contributed by atoms with Crippen LogP contribution in [0, 0.1) is 0 Å². The Morgan fingerprint density at radius 1 is 1.00 bits per heavy atom. The normalized spacial score (nSPS) is 10.6. The first-order valence-corrected chi connectivity index (χ1v) is 6.83. The molecule has 0 atom stereocenters. The minimum Gasteiger partial charge on any atom is -0.339 e. The maximum atomic E-state index is 5.94. The molecule has 3 aromatic rings. The van der Waals surface area contributed by atoms with Crippen LogP contribution in [0.1, 0.15) is 0 Å². The number of aromatic nitrogens is 2. The fourth-order valence-electron chi connectivity index (χ4n) is 1.84. The lowest BCUT2D eigenvalue weighted by atomic mass is 10.1. The second-order valence-electron chi connectivity index (χ2n) is 4.01. The number of anilines is 2. The zero-order valence-electron chi connectivity index (χ0n) is 9.77. The number of hydrogen-bond donors (Lipinski definition) is 1. The third-order valence-corrected chi connectivity index (χ3v) is 4.03. The van der Waals surface area contributed by atoms with Gasteiger partial charge in [-0.05, 0) is 38.8 Å². The van der Waals surface area contributed by atoms with Gasteiger partial charge in [0.25, 0.3) is 0 Å². The fraction of sp³-hybridized carbons (Fsp3) is 0. The molecule has 0 aliphatic rings. The first kappa shape index (κ1) is 12.4. The van der Waals surface area contributed by atoms with Crippen molar-refractivity contribution in [1.29, 1.82) is 0 Å². The molecule has 19 heavy (non-hydrogen) atoms. The van der Waals surface area contributed by atoms with Crippen LogP contribution in [0.25, 0.3) is 10.8 Å². The van der Waals surface area contributed by atoms with E-state index >= 15 is 0 Å². The number of hydrogen-bond acceptors (Lipinski definition) is 3. The Bertz CT molecular complexity index is 746. The van der Waals surface area contributed by atoms with Gasteiger partial charge < -0.3 is 5.32 Å². The Morgan fingerprint density at radius 3 is 2.63 bits per heavy atom. The molecule has 1 aromatic heterocycles. The Hall–Kier alpha value is -1.65. The number of benzene rings is 2. The molecule has 1 N–H and O–H groups in total. The molecule has 0 saturated heterocycles. The zero-order valence-corrected chi connectivity index (χ0v) is 12.1. The number of fused-ring (bicyclic) bond motifs is 1. The molecule has 0 aliphatic carbocycles. The molecule has 0 spiro atoms. The van der Waals surface area contributed by atoms with Gasteiger partial charge in [0, 0.05) is 5.69 Å². The van der Waals surface area contributed by atoms with Crippen LogP contribution in [-0.4, -0.2) is 9.97 Å². The monoisotopic (exact) mass is 333 g/mol. The molecule has 94 valence electrons. The summed E-state index contributed by atoms with van der Waals surface area (Å²) in [5.74, 6) is 0.648. The van der Waals surface area contributed by atoms with Crippen molar-refractivity contribution in [3.8, 4) is 0 Å². The minimum absolute atomic E-state index is 0.387. The number of halogens is 2. The predicted molar refractivity (Wildman–Crippen MR) is 82.0 cm³/mol. The summed E-state index contributed by atoms with van der Waals surface area (Å²) < 4.78 is 0.657. The van der Waals surface area contributed by atoms with Crippen molar-refractivity contribution in [2.24, 2.45) is 0 Å². The molecular weight excluding hydrogens is 326 g/mol. The Kier molecular flexibility index (Phi) is 3.36. The largest absolute Gasteiger partial charge is 0.339 e. The van der Waals surface area contributed by atoms with Gasteiger partial charge >= 0.3 is 0 Å². The van der Waals surface area contributed by atoms with E-state index in [0.717, 1.165) is 5.69 Å². The van der Waals surface area contributed by atoms with Crippen molar-refractivity contribution >= 4 is 49.8 Å². The molecule has 1 heterocycles. The van der Waals surface area contributed by atoms with Gasteiger partial charge in [0.05, 0.1) is 4.47 Å². The van der Waals surface area contributed by atoms with Crippen LogP contribution in [0.15, 0.2) is 53.3 Å². The molecule has 0 saturated carbocycles. The SMILES string of the molecule is Clc1ncnc(Nc2ccc3ccccc3c2)c1Br. The first-order valence-electron chi connectivity index (χ1n) is 5.66. The van der Waals surface area contributed by atoms with Crippen molar-refractivity contribution in [2.75, 3.05) is 5.32 Å². The molecule has 3 nitrogen and oxygen atoms in total. The lowest BCUT2D eigenvalue weighted by Gasteiger charge is -2.08. The summed E-state index contributed by atoms with van der Waals surface area (Å²) in [6.07, 6.45) is 1.43. The van der Waals surface area contributed by atoms with Crippen LogP contribution in [0.4, 0.5) is 11.5 Å². The van der Waals surface area contributed by atoms with E-state index in [1.165, 1.54) is 17.1 Å². The van der Waals surface area contributed by atoms with Crippen LogP contribution in [0.3, 0.4) is 0 Å². The summed E-state index contributed by atoms with van der Waals surface area (Å²) in [4.78, 5) is 8.06. The van der Waals surface area contributed by atoms with Crippen molar-refractivity contribution < 1.29 is 0 Å². The standard InChI is InChI=1S/C14H9BrClN3/c15-12-13(16)17-8-18-14(12)19-11-6-5-9-3-1-2-4-10(9)7-11/h1-8H,(H,17,18,19). The van der Waals surface area contributed by atoms with Crippen LogP contribution in [0.2, 0.25) is 5.15 Å². The van der Waals surface area contributed by atoms with Crippen molar-refractivity contribution in [2.45, 2.75) is 0 Å². The van der Waals surface area contributed by atoms with Gasteiger partial charge in [-0.15, -0.1) is 0 Å². The highest BCUT2D eigenvalue weighted by molar-refractivity contribution is 9.10. The quantitative estimate of drug-likeness (QED) is 0.685. The van der Waals surface area contributed by atoms with E-state index < -0.39 is 0 Å². The third-order valence-electron chi connectivity index (χ3n) is 2.76. The van der Waals surface area contributed by atoms with E-state index in [2.05, 4.69) is 55.5 Å². The van der Waals surface area contributed by atoms with Gasteiger partial charge in [-0.3, -0.25) is 0 Å². The Morgan fingerprint density at radius 2 is 1.79 bits per heavy atom. The molecular formula is C14H9BrClN3. The Labute approximate surface area is 123 Å². The number of nitrogens with zero attached hydrogens (tertiary/aromatic N) is 2. The number of rotatable bonds is 2. The molecule has 3 rings (SSSR count). The lowest BCUT2D eigenvalue weighted by Crippen LogP contribution is -1.96. The summed E-state index contributed by atoms with van der Waals surface area (Å²) in [6, 6.07) is 14.3. The van der Waals surface area contributed by atoms with E-state index in [0.29, 0.717) is 15.4 Å². The highest BCUT2D eigenvalue weighted by Crippen LogP contribution is 2.29. The van der Waals surface area contributed by atoms with Gasteiger partial charge in [-0.2, -0.15) is 0 Å². The smallest absolute Gasteiger partial charge is 0.149 e. The maximum Gasteiger partial charge on any atom is 0.149 e. The lowest BCUT2D eigenvalue weighted by molar-refractivity contribution is 1.15. The topological polar surface area (TPSA) is 37.8 Å². The molecule has 0 fully saturated rings. The Balaban J connectivity index is 1.99. The van der Waals surface area contributed by atoms with Gasteiger partial charge in [-0.1, -0.05) is 41.9 Å². The van der Waals surface area contributed by atoms with Crippen LogP contribution in [0.5, 0.6) is 0 Å². The minimum atomic E-state index is 0.387. The van der Waals surface area contributed by atoms with E-state index in [1.54, 1.807) is 0 Å². The van der Waals surface area contributed by atoms with E-state index in [4.69, 9.17) is 11.6 Å². The van der Waals surface area contributed by atoms with Gasteiger partial charge in [0.15, 0.2) is 0 Å². The average Bonchev–Trinajstić information content (AvgIpc) is 2.44. The molecule has 0 bridgehead atoms. The zero-order chi connectivity index (χ0) is 13.2. The molecule has 0 radical (unpaired) electrons. The van der Waals surface area contributed by atoms with E-state index in [1.807, 2.05) is 18.2 Å². The van der Waals surface area contributed by atoms with Crippen molar-refractivity contribution in [1.82, 2.24) is 9.97 Å². The number of nitrogens with one attached hydrogen (secondary N) is 1. The summed E-state index contributed by atoms with van der Waals surface area (Å²) in [5, 5.41) is 5.98. The van der Waals surface area contributed by atoms with Crippen LogP contribution in [-0.2, 0) is 0 Å². The van der Waals surface area contributed by atoms with Gasteiger partial charge in [-0.25, -0.2) is 9.97 Å². The molecule has 0 unspecified atom stereocenters. The fourth-order valence-corrected chi connectivity index (χ4v) is 2.28. The van der Waals surface area contributed by atoms with E-state index in [-0.39, 0.29) is 0 Å². The van der Waals surface area contributed by atoms with Crippen molar-refractivity contribution in [3.63, 3.8) is 0 Å². The average molecular weight is 335 g/mol. The predicted octanol–water partition coefficient (Wildman–Crippen LogP) is 4.79. The summed E-state index contributed by atoms with van der Waals surface area (Å²) in [7, 11) is 0. The molecule has 0 aliphatic heterocycles. The maximum absolute atomic E-state index is 5.94. The highest BCUT2D eigenvalue weighted by Gasteiger charge is 2.07. The highest BCUT2D eigenvalue weighted by atomic mass is 79.9. The molecule has 5 heteroatoms. The molecule has 0 amide bonds. The molecule has 2 aromatic carbocycles. The van der Waals surface area contributed by atoms with Crippen LogP contribution < -0.4 is 5.32 Å². The van der Waals surface area contributed by atoms with E-state index in [9.17, 15) is 0 Å². The second-order valence-corrected chi connectivity index (χ2v) is 5.17. The first-order chi connectivity index (χ1) is 9.24. The summed E-state index contributed by atoms with van der Waals surface area (Å²) in [6.45, 7) is 0.